The first kappa shape index (κ1) is 24.0. The first-order valence-electron chi connectivity index (χ1n) is 9.08. The molecule has 10 nitrogen and oxygen atoms in total. The number of non-ortho nitro benzene ring substituents is 1. The number of hydrogen-bond donors (Lipinski definition) is 1. The van der Waals surface area contributed by atoms with E-state index in [1.807, 2.05) is 4.90 Å². The average Bonchev–Trinajstić information content (AvgIpc) is 2.65. The fourth-order valence-electron chi connectivity index (χ4n) is 3.03. The minimum atomic E-state index is -0.640. The minimum absolute atomic E-state index is 0. The van der Waals surface area contributed by atoms with E-state index in [9.17, 15) is 25.3 Å². The van der Waals surface area contributed by atoms with Crippen molar-refractivity contribution in [2.75, 3.05) is 50.8 Å². The number of unbranched alkanes of at least 4 members (excludes halogenated alkanes) is 1. The summed E-state index contributed by atoms with van der Waals surface area (Å²) in [5, 5.41) is 32.2. The van der Waals surface area contributed by atoms with Crippen molar-refractivity contribution in [2.45, 2.75) is 25.9 Å². The van der Waals surface area contributed by atoms with Gasteiger partial charge in [0, 0.05) is 45.4 Å². The number of rotatable bonds is 10. The van der Waals surface area contributed by atoms with E-state index in [-0.39, 0.29) is 23.8 Å². The smallest absolute Gasteiger partial charge is 0.299 e. The van der Waals surface area contributed by atoms with Gasteiger partial charge in [0.2, 0.25) is 0 Å². The lowest BCUT2D eigenvalue weighted by Crippen LogP contribution is -3.00. The summed E-state index contributed by atoms with van der Waals surface area (Å²) in [5.74, 6) is 0. The Labute approximate surface area is 169 Å². The number of nitro groups is 2. The number of anilines is 1. The van der Waals surface area contributed by atoms with Gasteiger partial charge in [0.05, 0.1) is 28.6 Å². The molecule has 158 valence electrons. The van der Waals surface area contributed by atoms with E-state index < -0.39 is 16.0 Å². The van der Waals surface area contributed by atoms with E-state index in [2.05, 4.69) is 11.8 Å². The van der Waals surface area contributed by atoms with Gasteiger partial charge in [-0.25, -0.2) is 0 Å². The monoisotopic (exact) mass is 417 g/mol. The number of nitro benzene ring substituents is 2. The van der Waals surface area contributed by atoms with Gasteiger partial charge in [-0.15, -0.1) is 0 Å². The van der Waals surface area contributed by atoms with Crippen LogP contribution in [0, 0.1) is 20.2 Å². The zero-order valence-electron chi connectivity index (χ0n) is 15.8. The molecule has 1 unspecified atom stereocenters. The maximum absolute atomic E-state index is 11.3. The SMILES string of the molecule is CCCCOCC(O)CN1CCN(c2ccc([N+](=O)[O-])cc2[N+](=O)[O-])CC1.[Cl-]. The summed E-state index contributed by atoms with van der Waals surface area (Å²) in [5.41, 5.74) is -0.175. The Morgan fingerprint density at radius 2 is 1.86 bits per heavy atom. The molecule has 0 radical (unpaired) electrons. The Morgan fingerprint density at radius 1 is 1.18 bits per heavy atom. The second kappa shape index (κ2) is 11.7. The van der Waals surface area contributed by atoms with Crippen molar-refractivity contribution in [2.24, 2.45) is 0 Å². The van der Waals surface area contributed by atoms with Gasteiger partial charge < -0.3 is 27.2 Å². The van der Waals surface area contributed by atoms with Crippen LogP contribution in [0.25, 0.3) is 0 Å². The van der Waals surface area contributed by atoms with Gasteiger partial charge in [0.25, 0.3) is 11.4 Å². The molecule has 1 aliphatic rings. The number of ether oxygens (including phenoxy) is 1. The molecule has 11 heteroatoms. The summed E-state index contributed by atoms with van der Waals surface area (Å²) in [6.07, 6.45) is 1.45. The summed E-state index contributed by atoms with van der Waals surface area (Å²) >= 11 is 0. The molecular weight excluding hydrogens is 392 g/mol. The third-order valence-corrected chi connectivity index (χ3v) is 4.50. The predicted octanol–water partition coefficient (Wildman–Crippen LogP) is -1.19. The second-order valence-corrected chi connectivity index (χ2v) is 6.56. The lowest BCUT2D eigenvalue weighted by atomic mass is 10.2. The molecule has 2 rings (SSSR count). The Morgan fingerprint density at radius 3 is 2.43 bits per heavy atom. The van der Waals surface area contributed by atoms with Crippen molar-refractivity contribution in [3.8, 4) is 0 Å². The highest BCUT2D eigenvalue weighted by molar-refractivity contribution is 5.67. The van der Waals surface area contributed by atoms with Crippen LogP contribution < -0.4 is 17.3 Å². The number of piperazine rings is 1. The zero-order chi connectivity index (χ0) is 19.8. The molecule has 28 heavy (non-hydrogen) atoms. The van der Waals surface area contributed by atoms with E-state index in [1.54, 1.807) is 0 Å². The van der Waals surface area contributed by atoms with Gasteiger partial charge in [0.1, 0.15) is 5.69 Å². The summed E-state index contributed by atoms with van der Waals surface area (Å²) in [6, 6.07) is 3.72. The number of aliphatic hydroxyl groups excluding tert-OH is 1. The van der Waals surface area contributed by atoms with Crippen LogP contribution in [0.2, 0.25) is 0 Å². The van der Waals surface area contributed by atoms with Gasteiger partial charge in [0.15, 0.2) is 0 Å². The molecule has 1 aromatic rings. The van der Waals surface area contributed by atoms with Crippen LogP contribution in [0.1, 0.15) is 19.8 Å². The van der Waals surface area contributed by atoms with Gasteiger partial charge in [-0.1, -0.05) is 13.3 Å². The molecule has 0 saturated carbocycles. The second-order valence-electron chi connectivity index (χ2n) is 6.56. The lowest BCUT2D eigenvalue weighted by molar-refractivity contribution is -0.393. The lowest BCUT2D eigenvalue weighted by Gasteiger charge is -2.36. The number of hydrogen-bond acceptors (Lipinski definition) is 8. The summed E-state index contributed by atoms with van der Waals surface area (Å²) < 4.78 is 5.42. The van der Waals surface area contributed by atoms with E-state index in [4.69, 9.17) is 4.74 Å². The Bertz CT molecular complexity index is 655. The number of halogens is 1. The fraction of sp³-hybridized carbons (Fsp3) is 0.647. The van der Waals surface area contributed by atoms with Crippen molar-refractivity contribution in [3.05, 3.63) is 38.4 Å². The zero-order valence-corrected chi connectivity index (χ0v) is 16.6. The van der Waals surface area contributed by atoms with E-state index >= 15 is 0 Å². The standard InChI is InChI=1S/C17H26N4O6.ClH/c1-2-3-10-27-13-15(22)12-18-6-8-19(9-7-18)16-5-4-14(20(23)24)11-17(16)21(25)26;/h4-5,11,15,22H,2-3,6-10,12-13H2,1H3;1H/p-1. The summed E-state index contributed by atoms with van der Waals surface area (Å²) in [7, 11) is 0. The van der Waals surface area contributed by atoms with Gasteiger partial charge in [-0.2, -0.15) is 0 Å². The molecule has 0 spiro atoms. The van der Waals surface area contributed by atoms with Crippen molar-refractivity contribution in [1.82, 2.24) is 4.90 Å². The van der Waals surface area contributed by atoms with Gasteiger partial charge in [-0.3, -0.25) is 25.1 Å². The van der Waals surface area contributed by atoms with Crippen LogP contribution in [-0.2, 0) is 4.74 Å². The molecule has 0 aromatic heterocycles. The molecule has 1 saturated heterocycles. The first-order chi connectivity index (χ1) is 12.9. The van der Waals surface area contributed by atoms with Crippen molar-refractivity contribution < 1.29 is 32.1 Å². The molecule has 1 fully saturated rings. The van der Waals surface area contributed by atoms with Crippen LogP contribution in [0.3, 0.4) is 0 Å². The van der Waals surface area contributed by atoms with Crippen molar-refractivity contribution in [1.29, 1.82) is 0 Å². The molecule has 1 atom stereocenters. The fourth-order valence-corrected chi connectivity index (χ4v) is 3.03. The quantitative estimate of drug-likeness (QED) is 0.286. The largest absolute Gasteiger partial charge is 1.00 e. The van der Waals surface area contributed by atoms with Crippen LogP contribution in [0.15, 0.2) is 18.2 Å². The summed E-state index contributed by atoms with van der Waals surface area (Å²) in [4.78, 5) is 24.8. The van der Waals surface area contributed by atoms with Crippen molar-refractivity contribution >= 4 is 17.1 Å². The van der Waals surface area contributed by atoms with Crippen LogP contribution in [-0.4, -0.2) is 71.9 Å². The summed E-state index contributed by atoms with van der Waals surface area (Å²) in [6.45, 7) is 5.88. The highest BCUT2D eigenvalue weighted by Gasteiger charge is 2.26. The minimum Gasteiger partial charge on any atom is -1.00 e. The van der Waals surface area contributed by atoms with E-state index in [1.165, 1.54) is 12.1 Å². The molecule has 1 aliphatic heterocycles. The molecule has 0 bridgehead atoms. The molecule has 0 amide bonds. The van der Waals surface area contributed by atoms with Crippen LogP contribution >= 0.6 is 0 Å². The Balaban J connectivity index is 0.00000392. The number of benzene rings is 1. The average molecular weight is 418 g/mol. The van der Waals surface area contributed by atoms with Crippen LogP contribution in [0.5, 0.6) is 0 Å². The van der Waals surface area contributed by atoms with Crippen LogP contribution in [0.4, 0.5) is 17.1 Å². The molecular formula is C17H26ClN4O6-. The highest BCUT2D eigenvalue weighted by atomic mass is 35.5. The maximum atomic E-state index is 11.3. The molecule has 0 aliphatic carbocycles. The Hall–Kier alpha value is -2.01. The molecule has 1 N–H and O–H groups in total. The molecule has 1 heterocycles. The third-order valence-electron chi connectivity index (χ3n) is 4.50. The third kappa shape index (κ3) is 6.86. The molecule has 1 aromatic carbocycles. The predicted molar refractivity (Wildman–Crippen MR) is 100 cm³/mol. The number of β-amino-alcohol motifs (C(OH)–C–C–N with tert-alkyl or cyclic N) is 1. The number of nitrogens with zero attached hydrogens (tertiary/aromatic N) is 4. The topological polar surface area (TPSA) is 122 Å². The number of aliphatic hydroxyl groups is 1. The Kier molecular flexibility index (Phi) is 10.1. The maximum Gasteiger partial charge on any atom is 0.299 e. The van der Waals surface area contributed by atoms with E-state index in [0.29, 0.717) is 51.6 Å². The normalized spacial score (nSPS) is 15.7. The highest BCUT2D eigenvalue weighted by Crippen LogP contribution is 2.32. The van der Waals surface area contributed by atoms with Crippen molar-refractivity contribution in [3.63, 3.8) is 0 Å². The van der Waals surface area contributed by atoms with E-state index in [0.717, 1.165) is 18.9 Å². The van der Waals surface area contributed by atoms with Gasteiger partial charge in [-0.05, 0) is 12.5 Å². The first-order valence-corrected chi connectivity index (χ1v) is 9.08. The van der Waals surface area contributed by atoms with Gasteiger partial charge >= 0.3 is 0 Å².